The number of fused-ring (bicyclic) bond motifs is 1. The number of hydrogen-bond donors (Lipinski definition) is 1. The SMILES string of the molecule is CCCCc1nnc(NC(=O)/C(C#N)=C\c2cn(CCOc3ccc(OC)cc3)c3ccccc23)s1. The Hall–Kier alpha value is -4.16. The molecule has 36 heavy (non-hydrogen) atoms. The van der Waals surface area contributed by atoms with E-state index in [0.717, 1.165) is 52.2 Å². The molecule has 1 N–H and O–H groups in total. The average molecular weight is 502 g/mol. The zero-order valence-electron chi connectivity index (χ0n) is 20.2. The van der Waals surface area contributed by atoms with Crippen LogP contribution in [0, 0.1) is 11.3 Å². The first-order valence-electron chi connectivity index (χ1n) is 11.7. The van der Waals surface area contributed by atoms with Crippen molar-refractivity contribution in [1.82, 2.24) is 14.8 Å². The number of anilines is 1. The van der Waals surface area contributed by atoms with Gasteiger partial charge in [0, 0.05) is 29.1 Å². The minimum Gasteiger partial charge on any atom is -0.497 e. The molecule has 4 aromatic rings. The highest BCUT2D eigenvalue weighted by Gasteiger charge is 2.15. The normalized spacial score (nSPS) is 11.3. The number of nitrogens with zero attached hydrogens (tertiary/aromatic N) is 4. The molecule has 0 saturated heterocycles. The van der Waals surface area contributed by atoms with Gasteiger partial charge >= 0.3 is 0 Å². The van der Waals surface area contributed by atoms with E-state index in [1.54, 1.807) is 13.2 Å². The van der Waals surface area contributed by atoms with Gasteiger partial charge in [-0.05, 0) is 42.8 Å². The summed E-state index contributed by atoms with van der Waals surface area (Å²) in [7, 11) is 1.63. The van der Waals surface area contributed by atoms with Crippen LogP contribution in [0.4, 0.5) is 5.13 Å². The number of rotatable bonds is 11. The lowest BCUT2D eigenvalue weighted by Gasteiger charge is -2.09. The molecular weight excluding hydrogens is 474 g/mol. The number of methoxy groups -OCH3 is 1. The molecule has 0 radical (unpaired) electrons. The second-order valence-corrected chi connectivity index (χ2v) is 9.11. The van der Waals surface area contributed by atoms with Gasteiger partial charge in [0.15, 0.2) is 0 Å². The largest absolute Gasteiger partial charge is 0.497 e. The summed E-state index contributed by atoms with van der Waals surface area (Å²) in [5, 5.41) is 22.7. The molecule has 0 fully saturated rings. The van der Waals surface area contributed by atoms with Gasteiger partial charge < -0.3 is 14.0 Å². The number of nitriles is 1. The van der Waals surface area contributed by atoms with Crippen molar-refractivity contribution < 1.29 is 14.3 Å². The first kappa shape index (κ1) is 24.9. The third-order valence-corrected chi connectivity index (χ3v) is 6.47. The molecule has 0 aliphatic carbocycles. The number of carbonyl (C=O) groups excluding carboxylic acids is 1. The number of unbranched alkanes of at least 4 members (excludes halogenated alkanes) is 1. The van der Waals surface area contributed by atoms with Crippen LogP contribution in [0.25, 0.3) is 17.0 Å². The Kier molecular flexibility index (Phi) is 8.32. The zero-order chi connectivity index (χ0) is 25.3. The minimum atomic E-state index is -0.504. The Bertz CT molecular complexity index is 1400. The van der Waals surface area contributed by atoms with E-state index in [1.165, 1.54) is 11.3 Å². The van der Waals surface area contributed by atoms with Crippen molar-refractivity contribution in [3.05, 3.63) is 70.9 Å². The molecule has 2 aromatic carbocycles. The summed E-state index contributed by atoms with van der Waals surface area (Å²) in [6.45, 7) is 3.16. The van der Waals surface area contributed by atoms with E-state index >= 15 is 0 Å². The van der Waals surface area contributed by atoms with Gasteiger partial charge in [-0.1, -0.05) is 42.9 Å². The third kappa shape index (κ3) is 6.09. The minimum absolute atomic E-state index is 0.00214. The highest BCUT2D eigenvalue weighted by Crippen LogP contribution is 2.25. The number of nitrogens with one attached hydrogen (secondary N) is 1. The number of amides is 1. The first-order chi connectivity index (χ1) is 17.6. The van der Waals surface area contributed by atoms with Crippen molar-refractivity contribution in [1.29, 1.82) is 5.26 Å². The molecular formula is C27H27N5O3S. The highest BCUT2D eigenvalue weighted by atomic mass is 32.1. The summed E-state index contributed by atoms with van der Waals surface area (Å²) in [6, 6.07) is 17.3. The van der Waals surface area contributed by atoms with E-state index in [1.807, 2.05) is 60.8 Å². The van der Waals surface area contributed by atoms with Crippen LogP contribution in [0.1, 0.15) is 30.3 Å². The molecule has 0 spiro atoms. The molecule has 2 heterocycles. The maximum absolute atomic E-state index is 12.8. The Morgan fingerprint density at radius 2 is 1.94 bits per heavy atom. The molecule has 9 heteroatoms. The second kappa shape index (κ2) is 12.0. The van der Waals surface area contributed by atoms with Crippen LogP contribution in [-0.2, 0) is 17.8 Å². The summed E-state index contributed by atoms with van der Waals surface area (Å²) in [4.78, 5) is 12.8. The predicted molar refractivity (Wildman–Crippen MR) is 141 cm³/mol. The molecule has 1 amide bonds. The third-order valence-electron chi connectivity index (χ3n) is 5.58. The Morgan fingerprint density at radius 1 is 1.17 bits per heavy atom. The molecule has 8 nitrogen and oxygen atoms in total. The number of benzene rings is 2. The molecule has 0 bridgehead atoms. The molecule has 4 rings (SSSR count). The lowest BCUT2D eigenvalue weighted by atomic mass is 10.1. The number of hydrogen-bond acceptors (Lipinski definition) is 7. The lowest BCUT2D eigenvalue weighted by Crippen LogP contribution is -2.13. The number of carbonyl (C=O) groups is 1. The molecule has 0 aliphatic heterocycles. The molecule has 0 saturated carbocycles. The van der Waals surface area contributed by atoms with Crippen LogP contribution < -0.4 is 14.8 Å². The van der Waals surface area contributed by atoms with Gasteiger partial charge in [-0.15, -0.1) is 10.2 Å². The number of aryl methyl sites for hydroxylation is 1. The summed E-state index contributed by atoms with van der Waals surface area (Å²) < 4.78 is 13.1. The van der Waals surface area contributed by atoms with Crippen LogP contribution in [0.3, 0.4) is 0 Å². The molecule has 184 valence electrons. The number of aromatic nitrogens is 3. The van der Waals surface area contributed by atoms with E-state index in [2.05, 4.69) is 27.0 Å². The van der Waals surface area contributed by atoms with Gasteiger partial charge in [-0.3, -0.25) is 10.1 Å². The van der Waals surface area contributed by atoms with Gasteiger partial charge in [0.1, 0.15) is 34.8 Å². The molecule has 0 atom stereocenters. The van der Waals surface area contributed by atoms with Crippen LogP contribution >= 0.6 is 11.3 Å². The number of ether oxygens (including phenoxy) is 2. The van der Waals surface area contributed by atoms with Crippen molar-refractivity contribution in [2.45, 2.75) is 32.7 Å². The van der Waals surface area contributed by atoms with Gasteiger partial charge in [0.2, 0.25) is 5.13 Å². The molecule has 0 unspecified atom stereocenters. The second-order valence-electron chi connectivity index (χ2n) is 8.05. The summed E-state index contributed by atoms with van der Waals surface area (Å²) in [6.07, 6.45) is 6.44. The van der Waals surface area contributed by atoms with Crippen LogP contribution in [0.15, 0.2) is 60.3 Å². The monoisotopic (exact) mass is 501 g/mol. The summed E-state index contributed by atoms with van der Waals surface area (Å²) in [5.41, 5.74) is 1.77. The van der Waals surface area contributed by atoms with Crippen molar-refractivity contribution in [3.63, 3.8) is 0 Å². The van der Waals surface area contributed by atoms with Gasteiger partial charge in [-0.25, -0.2) is 0 Å². The average Bonchev–Trinajstić information content (AvgIpc) is 3.50. The Labute approximate surface area is 213 Å². The van der Waals surface area contributed by atoms with Crippen molar-refractivity contribution in [2.75, 3.05) is 19.0 Å². The van der Waals surface area contributed by atoms with E-state index in [9.17, 15) is 10.1 Å². The van der Waals surface area contributed by atoms with Crippen LogP contribution in [0.5, 0.6) is 11.5 Å². The molecule has 2 aromatic heterocycles. The van der Waals surface area contributed by atoms with E-state index in [0.29, 0.717) is 18.3 Å². The summed E-state index contributed by atoms with van der Waals surface area (Å²) in [5.74, 6) is 1.02. The fraction of sp³-hybridized carbons (Fsp3) is 0.259. The quantitative estimate of drug-likeness (QED) is 0.216. The number of para-hydroxylation sites is 1. The van der Waals surface area contributed by atoms with Crippen LogP contribution in [-0.4, -0.2) is 34.4 Å². The Balaban J connectivity index is 1.48. The van der Waals surface area contributed by atoms with E-state index in [-0.39, 0.29) is 5.57 Å². The first-order valence-corrected chi connectivity index (χ1v) is 12.5. The predicted octanol–water partition coefficient (Wildman–Crippen LogP) is 5.47. The van der Waals surface area contributed by atoms with Gasteiger partial charge in [0.05, 0.1) is 13.7 Å². The van der Waals surface area contributed by atoms with Crippen molar-refractivity contribution in [2.24, 2.45) is 0 Å². The van der Waals surface area contributed by atoms with Gasteiger partial charge in [0.25, 0.3) is 5.91 Å². The van der Waals surface area contributed by atoms with Crippen molar-refractivity contribution >= 4 is 39.4 Å². The Morgan fingerprint density at radius 3 is 2.69 bits per heavy atom. The fourth-order valence-corrected chi connectivity index (χ4v) is 4.49. The summed E-state index contributed by atoms with van der Waals surface area (Å²) >= 11 is 1.34. The molecule has 0 aliphatic rings. The smallest absolute Gasteiger partial charge is 0.268 e. The van der Waals surface area contributed by atoms with Gasteiger partial charge in [-0.2, -0.15) is 5.26 Å². The maximum atomic E-state index is 12.8. The van der Waals surface area contributed by atoms with Crippen LogP contribution in [0.2, 0.25) is 0 Å². The standard InChI is InChI=1S/C27H27N5O3S/c1-3-4-9-25-30-31-27(36-25)29-26(33)19(17-28)16-20-18-32(24-8-6-5-7-23(20)24)14-15-35-22-12-10-21(34-2)11-13-22/h5-8,10-13,16,18H,3-4,9,14-15H2,1-2H3,(H,29,31,33)/b19-16-. The highest BCUT2D eigenvalue weighted by molar-refractivity contribution is 7.15. The van der Waals surface area contributed by atoms with E-state index < -0.39 is 5.91 Å². The fourth-order valence-electron chi connectivity index (χ4n) is 3.71. The maximum Gasteiger partial charge on any atom is 0.268 e. The van der Waals surface area contributed by atoms with Crippen molar-refractivity contribution in [3.8, 4) is 17.6 Å². The zero-order valence-corrected chi connectivity index (χ0v) is 21.0. The lowest BCUT2D eigenvalue weighted by molar-refractivity contribution is -0.112. The topological polar surface area (TPSA) is 102 Å². The van der Waals surface area contributed by atoms with E-state index in [4.69, 9.17) is 9.47 Å².